The molecule has 1 fully saturated rings. The van der Waals surface area contributed by atoms with Gasteiger partial charge in [-0.2, -0.15) is 5.10 Å². The van der Waals surface area contributed by atoms with Crippen LogP contribution in [0.4, 0.5) is 0 Å². The van der Waals surface area contributed by atoms with Crippen molar-refractivity contribution in [3.63, 3.8) is 0 Å². The van der Waals surface area contributed by atoms with E-state index in [-0.39, 0.29) is 16.5 Å². The molecule has 33 heavy (non-hydrogen) atoms. The summed E-state index contributed by atoms with van der Waals surface area (Å²) in [7, 11) is 0. The molecule has 8 heteroatoms. The average molecular weight is 465 g/mol. The van der Waals surface area contributed by atoms with E-state index in [2.05, 4.69) is 0 Å². The molecule has 1 saturated carbocycles. The van der Waals surface area contributed by atoms with E-state index in [9.17, 15) is 9.59 Å². The molecule has 1 amide bonds. The molecule has 2 aromatic heterocycles. The highest BCUT2D eigenvalue weighted by Crippen LogP contribution is 2.44. The number of hydrogen-bond acceptors (Lipinski definition) is 6. The number of nitrogens with zero attached hydrogens (tertiary/aromatic N) is 2. The lowest BCUT2D eigenvalue weighted by Crippen LogP contribution is -2.34. The second kappa shape index (κ2) is 9.11. The first kappa shape index (κ1) is 21.3. The van der Waals surface area contributed by atoms with E-state index in [4.69, 9.17) is 30.3 Å². The van der Waals surface area contributed by atoms with Crippen LogP contribution in [0.15, 0.2) is 80.6 Å². The standard InChI is InChI=1S/C25H21ClN2O5/c26-20-10-2-1-8-18(20)25(30)33-15-22(29)28-24(21-11-5-13-32-21)19-9-3-6-16(23(19)27-28)14-17-7-4-12-31-17/h1-2,4-5,7-8,10-14,19,24H,3,6,9,15H2/b16-14-/t19-,24+/m0/s1. The van der Waals surface area contributed by atoms with Crippen molar-refractivity contribution in [2.45, 2.75) is 25.3 Å². The summed E-state index contributed by atoms with van der Waals surface area (Å²) in [5.74, 6) is 0.265. The minimum absolute atomic E-state index is 0.0191. The fourth-order valence-corrected chi connectivity index (χ4v) is 4.60. The zero-order valence-corrected chi connectivity index (χ0v) is 18.4. The zero-order valence-electron chi connectivity index (χ0n) is 17.6. The highest BCUT2D eigenvalue weighted by molar-refractivity contribution is 6.33. The second-order valence-electron chi connectivity index (χ2n) is 7.92. The Labute approximate surface area is 195 Å². The highest BCUT2D eigenvalue weighted by Gasteiger charge is 2.45. The third-order valence-electron chi connectivity index (χ3n) is 5.87. The van der Waals surface area contributed by atoms with E-state index in [1.165, 1.54) is 5.01 Å². The number of hydrogen-bond donors (Lipinski definition) is 0. The maximum absolute atomic E-state index is 13.2. The Balaban J connectivity index is 1.40. The van der Waals surface area contributed by atoms with Gasteiger partial charge in [-0.25, -0.2) is 9.80 Å². The Kier molecular flexibility index (Phi) is 5.88. The number of halogens is 1. The van der Waals surface area contributed by atoms with Crippen LogP contribution in [0, 0.1) is 5.92 Å². The predicted molar refractivity (Wildman–Crippen MR) is 121 cm³/mol. The van der Waals surface area contributed by atoms with Crippen LogP contribution in [-0.4, -0.2) is 29.2 Å². The van der Waals surface area contributed by atoms with Crippen molar-refractivity contribution in [2.24, 2.45) is 11.0 Å². The van der Waals surface area contributed by atoms with E-state index in [0.717, 1.165) is 36.3 Å². The van der Waals surface area contributed by atoms with Gasteiger partial charge in [-0.15, -0.1) is 0 Å². The number of rotatable bonds is 5. The van der Waals surface area contributed by atoms with Gasteiger partial charge in [-0.3, -0.25) is 4.79 Å². The first-order valence-corrected chi connectivity index (χ1v) is 11.1. The number of carbonyl (C=O) groups is 2. The summed E-state index contributed by atoms with van der Waals surface area (Å²) in [5, 5.41) is 6.35. The normalized spacial score (nSPS) is 21.1. The fourth-order valence-electron chi connectivity index (χ4n) is 4.39. The summed E-state index contributed by atoms with van der Waals surface area (Å²) >= 11 is 6.06. The Morgan fingerprint density at radius 3 is 2.70 bits per heavy atom. The van der Waals surface area contributed by atoms with Crippen LogP contribution in [0.2, 0.25) is 5.02 Å². The Morgan fingerprint density at radius 1 is 1.12 bits per heavy atom. The van der Waals surface area contributed by atoms with Gasteiger partial charge in [0.2, 0.25) is 0 Å². The largest absolute Gasteiger partial charge is 0.467 e. The van der Waals surface area contributed by atoms with Crippen molar-refractivity contribution in [3.05, 3.63) is 88.7 Å². The number of allylic oxidation sites excluding steroid dienone is 1. The number of fused-ring (bicyclic) bond motifs is 1. The number of amides is 1. The van der Waals surface area contributed by atoms with Crippen molar-refractivity contribution in [1.82, 2.24) is 5.01 Å². The summed E-state index contributed by atoms with van der Waals surface area (Å²) in [6, 6.07) is 13.5. The minimum atomic E-state index is -0.661. The summed E-state index contributed by atoms with van der Waals surface area (Å²) in [6.07, 6.45) is 7.83. The molecule has 0 radical (unpaired) electrons. The smallest absolute Gasteiger partial charge is 0.340 e. The van der Waals surface area contributed by atoms with E-state index < -0.39 is 24.5 Å². The number of furan rings is 2. The van der Waals surface area contributed by atoms with Crippen molar-refractivity contribution < 1.29 is 23.2 Å². The van der Waals surface area contributed by atoms with Gasteiger partial charge in [0, 0.05) is 5.92 Å². The van der Waals surface area contributed by atoms with Gasteiger partial charge in [-0.1, -0.05) is 23.7 Å². The van der Waals surface area contributed by atoms with E-state index in [1.807, 2.05) is 24.3 Å². The SMILES string of the molecule is O=C(OCC(=O)N1N=C2/C(=C\c3ccco3)CCC[C@@H]2[C@@H]1c1ccco1)c1ccccc1Cl. The molecule has 2 atom stereocenters. The van der Waals surface area contributed by atoms with Gasteiger partial charge in [0.15, 0.2) is 6.61 Å². The van der Waals surface area contributed by atoms with E-state index >= 15 is 0 Å². The van der Waals surface area contributed by atoms with Gasteiger partial charge in [-0.05, 0) is 67.3 Å². The Morgan fingerprint density at radius 2 is 1.94 bits per heavy atom. The Hall–Kier alpha value is -3.58. The van der Waals surface area contributed by atoms with Crippen molar-refractivity contribution in [3.8, 4) is 0 Å². The summed E-state index contributed by atoms with van der Waals surface area (Å²) < 4.78 is 16.4. The molecule has 7 nitrogen and oxygen atoms in total. The maximum atomic E-state index is 13.2. The molecule has 3 aromatic rings. The monoisotopic (exact) mass is 464 g/mol. The van der Waals surface area contributed by atoms with Crippen LogP contribution in [-0.2, 0) is 9.53 Å². The number of carbonyl (C=O) groups excluding carboxylic acids is 2. The van der Waals surface area contributed by atoms with Gasteiger partial charge in [0.1, 0.15) is 17.6 Å². The summed E-state index contributed by atoms with van der Waals surface area (Å²) in [4.78, 5) is 25.6. The van der Waals surface area contributed by atoms with Crippen molar-refractivity contribution in [1.29, 1.82) is 0 Å². The highest BCUT2D eigenvalue weighted by atomic mass is 35.5. The molecule has 0 N–H and O–H groups in total. The molecule has 3 heterocycles. The van der Waals surface area contributed by atoms with Crippen LogP contribution in [0.1, 0.15) is 47.2 Å². The zero-order chi connectivity index (χ0) is 22.8. The average Bonchev–Trinajstić information content (AvgIpc) is 3.58. The molecule has 5 rings (SSSR count). The van der Waals surface area contributed by atoms with Crippen LogP contribution in [0.5, 0.6) is 0 Å². The van der Waals surface area contributed by atoms with E-state index in [1.54, 1.807) is 42.9 Å². The van der Waals surface area contributed by atoms with Crippen molar-refractivity contribution >= 4 is 35.3 Å². The maximum Gasteiger partial charge on any atom is 0.340 e. The quantitative estimate of drug-likeness (QED) is 0.465. The predicted octanol–water partition coefficient (Wildman–Crippen LogP) is 5.51. The second-order valence-corrected chi connectivity index (χ2v) is 8.33. The molecule has 0 bridgehead atoms. The summed E-state index contributed by atoms with van der Waals surface area (Å²) in [6.45, 7) is -0.456. The third-order valence-corrected chi connectivity index (χ3v) is 6.20. The van der Waals surface area contributed by atoms with Gasteiger partial charge >= 0.3 is 5.97 Å². The molecule has 0 unspecified atom stereocenters. The molecule has 1 aliphatic carbocycles. The fraction of sp³-hybridized carbons (Fsp3) is 0.240. The topological polar surface area (TPSA) is 85.3 Å². The van der Waals surface area contributed by atoms with Crippen LogP contribution in [0.3, 0.4) is 0 Å². The Bertz CT molecular complexity index is 1210. The van der Waals surface area contributed by atoms with Crippen molar-refractivity contribution in [2.75, 3.05) is 6.61 Å². The number of benzene rings is 1. The molecule has 0 saturated heterocycles. The molecule has 1 aliphatic heterocycles. The lowest BCUT2D eigenvalue weighted by molar-refractivity contribution is -0.137. The lowest BCUT2D eigenvalue weighted by atomic mass is 9.79. The molecule has 0 spiro atoms. The lowest BCUT2D eigenvalue weighted by Gasteiger charge is -2.27. The summed E-state index contributed by atoms with van der Waals surface area (Å²) in [5.41, 5.74) is 2.07. The molecular formula is C25H21ClN2O5. The van der Waals surface area contributed by atoms with Crippen LogP contribution >= 0.6 is 11.6 Å². The molecule has 2 aliphatic rings. The molecule has 168 valence electrons. The first-order valence-electron chi connectivity index (χ1n) is 10.7. The number of ether oxygens (including phenoxy) is 1. The third kappa shape index (κ3) is 4.24. The van der Waals surface area contributed by atoms with Crippen LogP contribution in [0.25, 0.3) is 6.08 Å². The molecular weight excluding hydrogens is 444 g/mol. The number of hydrazone groups is 1. The van der Waals surface area contributed by atoms with Gasteiger partial charge in [0.25, 0.3) is 5.91 Å². The van der Waals surface area contributed by atoms with Gasteiger partial charge < -0.3 is 13.6 Å². The van der Waals surface area contributed by atoms with Crippen LogP contribution < -0.4 is 0 Å². The van der Waals surface area contributed by atoms with E-state index in [0.29, 0.717) is 5.76 Å². The minimum Gasteiger partial charge on any atom is -0.467 e. The van der Waals surface area contributed by atoms with Gasteiger partial charge in [0.05, 0.1) is 28.8 Å². The number of esters is 1. The molecule has 1 aromatic carbocycles. The first-order chi connectivity index (χ1) is 16.1.